The second-order valence-electron chi connectivity index (χ2n) is 7.62. The van der Waals surface area contributed by atoms with Gasteiger partial charge >= 0.3 is 0 Å². The summed E-state index contributed by atoms with van der Waals surface area (Å²) >= 11 is 0. The number of nitrogens with zero attached hydrogens (tertiary/aromatic N) is 1. The van der Waals surface area contributed by atoms with E-state index in [9.17, 15) is 4.79 Å². The summed E-state index contributed by atoms with van der Waals surface area (Å²) in [6.45, 7) is 7.47. The van der Waals surface area contributed by atoms with E-state index in [0.29, 0.717) is 12.1 Å². The number of aromatic amines is 1. The van der Waals surface area contributed by atoms with Crippen molar-refractivity contribution in [3.63, 3.8) is 0 Å². The predicted octanol–water partition coefficient (Wildman–Crippen LogP) is 5.19. The molecular weight excluding hydrogens is 348 g/mol. The van der Waals surface area contributed by atoms with Crippen molar-refractivity contribution in [2.75, 3.05) is 13.1 Å². The SMILES string of the molecule is Cc1cccc2c(C3=CCN(C(=O)c4ccc(OC(C)C)cc4)CC3)c[nH]c12. The van der Waals surface area contributed by atoms with Crippen molar-refractivity contribution in [3.05, 3.63) is 71.4 Å². The van der Waals surface area contributed by atoms with E-state index in [1.807, 2.05) is 43.0 Å². The summed E-state index contributed by atoms with van der Waals surface area (Å²) in [5.74, 6) is 0.864. The van der Waals surface area contributed by atoms with Crippen LogP contribution in [-0.2, 0) is 0 Å². The molecule has 0 radical (unpaired) electrons. The molecule has 1 aliphatic heterocycles. The number of aromatic nitrogens is 1. The van der Waals surface area contributed by atoms with Crippen molar-refractivity contribution < 1.29 is 9.53 Å². The van der Waals surface area contributed by atoms with E-state index in [4.69, 9.17) is 4.74 Å². The molecule has 4 nitrogen and oxygen atoms in total. The van der Waals surface area contributed by atoms with Gasteiger partial charge in [-0.25, -0.2) is 0 Å². The van der Waals surface area contributed by atoms with Crippen molar-refractivity contribution in [3.8, 4) is 5.75 Å². The minimum Gasteiger partial charge on any atom is -0.491 e. The molecule has 0 saturated heterocycles. The van der Waals surface area contributed by atoms with Crippen LogP contribution in [0.25, 0.3) is 16.5 Å². The lowest BCUT2D eigenvalue weighted by atomic mass is 9.98. The Morgan fingerprint density at radius 1 is 1.14 bits per heavy atom. The highest BCUT2D eigenvalue weighted by Crippen LogP contribution is 2.30. The van der Waals surface area contributed by atoms with Gasteiger partial charge in [0.1, 0.15) is 5.75 Å². The van der Waals surface area contributed by atoms with Crippen LogP contribution in [0, 0.1) is 6.92 Å². The second-order valence-corrected chi connectivity index (χ2v) is 7.62. The number of H-pyrrole nitrogens is 1. The van der Waals surface area contributed by atoms with Crippen LogP contribution < -0.4 is 4.74 Å². The standard InChI is InChI=1S/C24H26N2O2/c1-16(2)28-20-9-7-19(8-10-20)24(27)26-13-11-18(12-14-26)22-15-25-23-17(3)5-4-6-21(22)23/h4-11,15-16,25H,12-14H2,1-3H3. The van der Waals surface area contributed by atoms with Crippen LogP contribution in [0.5, 0.6) is 5.75 Å². The lowest BCUT2D eigenvalue weighted by molar-refractivity contribution is 0.0773. The first-order valence-corrected chi connectivity index (χ1v) is 9.85. The maximum absolute atomic E-state index is 12.8. The van der Waals surface area contributed by atoms with E-state index in [0.717, 1.165) is 18.7 Å². The van der Waals surface area contributed by atoms with Crippen LogP contribution in [0.3, 0.4) is 0 Å². The Hall–Kier alpha value is -3.01. The zero-order chi connectivity index (χ0) is 19.7. The van der Waals surface area contributed by atoms with E-state index in [-0.39, 0.29) is 12.0 Å². The average molecular weight is 374 g/mol. The third kappa shape index (κ3) is 3.55. The van der Waals surface area contributed by atoms with Crippen LogP contribution in [0.4, 0.5) is 0 Å². The largest absolute Gasteiger partial charge is 0.491 e. The number of carbonyl (C=O) groups is 1. The number of fused-ring (bicyclic) bond motifs is 1. The van der Waals surface area contributed by atoms with Crippen molar-refractivity contribution in [1.29, 1.82) is 0 Å². The van der Waals surface area contributed by atoms with Crippen LogP contribution >= 0.6 is 0 Å². The van der Waals surface area contributed by atoms with Gasteiger partial charge in [-0.3, -0.25) is 4.79 Å². The molecule has 4 heteroatoms. The highest BCUT2D eigenvalue weighted by atomic mass is 16.5. The average Bonchev–Trinajstić information content (AvgIpc) is 3.13. The first-order valence-electron chi connectivity index (χ1n) is 9.85. The van der Waals surface area contributed by atoms with Gasteiger partial charge in [-0.1, -0.05) is 24.3 Å². The number of hydrogen-bond acceptors (Lipinski definition) is 2. The number of benzene rings is 2. The van der Waals surface area contributed by atoms with Gasteiger partial charge in [0.05, 0.1) is 6.10 Å². The Bertz CT molecular complexity index is 1030. The maximum Gasteiger partial charge on any atom is 0.254 e. The predicted molar refractivity (Wildman–Crippen MR) is 114 cm³/mol. The van der Waals surface area contributed by atoms with Crippen molar-refractivity contribution in [2.45, 2.75) is 33.3 Å². The zero-order valence-corrected chi connectivity index (χ0v) is 16.7. The third-order valence-corrected chi connectivity index (χ3v) is 5.24. The first kappa shape index (κ1) is 18.4. The summed E-state index contributed by atoms with van der Waals surface area (Å²) in [4.78, 5) is 18.1. The molecule has 3 aromatic rings. The topological polar surface area (TPSA) is 45.3 Å². The molecule has 1 amide bonds. The van der Waals surface area contributed by atoms with E-state index in [1.54, 1.807) is 0 Å². The van der Waals surface area contributed by atoms with Gasteiger partial charge < -0.3 is 14.6 Å². The molecule has 0 fully saturated rings. The zero-order valence-electron chi connectivity index (χ0n) is 16.7. The molecule has 4 rings (SSSR count). The second kappa shape index (κ2) is 7.55. The molecule has 0 bridgehead atoms. The van der Waals surface area contributed by atoms with Crippen molar-refractivity contribution in [1.82, 2.24) is 9.88 Å². The van der Waals surface area contributed by atoms with Crippen molar-refractivity contribution in [2.24, 2.45) is 0 Å². The summed E-state index contributed by atoms with van der Waals surface area (Å²) in [6, 6.07) is 13.8. The Morgan fingerprint density at radius 3 is 2.61 bits per heavy atom. The van der Waals surface area contributed by atoms with Crippen LogP contribution in [0.2, 0.25) is 0 Å². The number of para-hydroxylation sites is 1. The molecule has 0 aliphatic carbocycles. The van der Waals surface area contributed by atoms with Gasteiger partial charge in [0.25, 0.3) is 5.91 Å². The van der Waals surface area contributed by atoms with E-state index in [2.05, 4.69) is 42.4 Å². The summed E-state index contributed by atoms with van der Waals surface area (Å²) in [6.07, 6.45) is 5.26. The molecule has 0 spiro atoms. The van der Waals surface area contributed by atoms with Gasteiger partial charge in [0.15, 0.2) is 0 Å². The van der Waals surface area contributed by atoms with Gasteiger partial charge in [0, 0.05) is 41.3 Å². The van der Waals surface area contributed by atoms with E-state index >= 15 is 0 Å². The van der Waals surface area contributed by atoms with Gasteiger partial charge in [0.2, 0.25) is 0 Å². The van der Waals surface area contributed by atoms with Crippen LogP contribution in [-0.4, -0.2) is 35.0 Å². The number of nitrogens with one attached hydrogen (secondary N) is 1. The monoisotopic (exact) mass is 374 g/mol. The molecule has 2 heterocycles. The summed E-state index contributed by atoms with van der Waals surface area (Å²) in [5, 5.41) is 1.26. The number of rotatable bonds is 4. The van der Waals surface area contributed by atoms with Crippen LogP contribution in [0.15, 0.2) is 54.7 Å². The Labute approximate surface area is 165 Å². The van der Waals surface area contributed by atoms with Gasteiger partial charge in [-0.05, 0) is 62.6 Å². The third-order valence-electron chi connectivity index (χ3n) is 5.24. The fourth-order valence-electron chi connectivity index (χ4n) is 3.80. The Morgan fingerprint density at radius 2 is 1.93 bits per heavy atom. The van der Waals surface area contributed by atoms with Gasteiger partial charge in [-0.2, -0.15) is 0 Å². The highest BCUT2D eigenvalue weighted by molar-refractivity contribution is 5.97. The summed E-state index contributed by atoms with van der Waals surface area (Å²) in [5.41, 5.74) is 5.71. The van der Waals surface area contributed by atoms with Crippen molar-refractivity contribution >= 4 is 22.4 Å². The molecule has 1 N–H and O–H groups in total. The fourth-order valence-corrected chi connectivity index (χ4v) is 3.80. The number of aryl methyl sites for hydroxylation is 1. The Kier molecular flexibility index (Phi) is 4.95. The summed E-state index contributed by atoms with van der Waals surface area (Å²) in [7, 11) is 0. The minimum atomic E-state index is 0.0705. The lowest BCUT2D eigenvalue weighted by Gasteiger charge is -2.26. The number of hydrogen-bond donors (Lipinski definition) is 1. The molecule has 2 aromatic carbocycles. The molecule has 0 unspecified atom stereocenters. The van der Waals surface area contributed by atoms with Crippen LogP contribution in [0.1, 0.15) is 41.8 Å². The number of carbonyl (C=O) groups excluding carboxylic acids is 1. The maximum atomic E-state index is 12.8. The number of amides is 1. The quantitative estimate of drug-likeness (QED) is 0.683. The molecule has 0 atom stereocenters. The minimum absolute atomic E-state index is 0.0705. The molecule has 1 aromatic heterocycles. The molecular formula is C24H26N2O2. The fraction of sp³-hybridized carbons (Fsp3) is 0.292. The highest BCUT2D eigenvalue weighted by Gasteiger charge is 2.20. The molecule has 144 valence electrons. The lowest BCUT2D eigenvalue weighted by Crippen LogP contribution is -2.34. The van der Waals surface area contributed by atoms with E-state index < -0.39 is 0 Å². The Balaban J connectivity index is 1.48. The normalized spacial score (nSPS) is 14.4. The number of ether oxygens (including phenoxy) is 1. The van der Waals surface area contributed by atoms with E-state index in [1.165, 1.54) is 27.6 Å². The smallest absolute Gasteiger partial charge is 0.254 e. The summed E-state index contributed by atoms with van der Waals surface area (Å²) < 4.78 is 5.66. The molecule has 0 saturated carbocycles. The molecule has 1 aliphatic rings. The first-order chi connectivity index (χ1) is 13.5. The molecule has 28 heavy (non-hydrogen) atoms. The van der Waals surface area contributed by atoms with Gasteiger partial charge in [-0.15, -0.1) is 0 Å².